The smallest absolute Gasteiger partial charge is 0.249 e. The normalized spacial score (nSPS) is 11.8. The van der Waals surface area contributed by atoms with Gasteiger partial charge in [-0.05, 0) is 41.8 Å². The number of carbonyl (C=O) groups is 1. The fraction of sp³-hybridized carbons (Fsp3) is 0.190. The number of anilines is 1. The van der Waals surface area contributed by atoms with Gasteiger partial charge in [0.15, 0.2) is 5.82 Å². The van der Waals surface area contributed by atoms with Crippen molar-refractivity contribution in [1.29, 1.82) is 0 Å². The molecule has 1 aromatic heterocycles. The van der Waals surface area contributed by atoms with E-state index in [1.54, 1.807) is 48.7 Å². The van der Waals surface area contributed by atoms with Gasteiger partial charge in [0, 0.05) is 24.3 Å². The summed E-state index contributed by atoms with van der Waals surface area (Å²) in [6, 6.07) is 13.9. The van der Waals surface area contributed by atoms with Gasteiger partial charge in [-0.25, -0.2) is 9.97 Å². The fourth-order valence-corrected chi connectivity index (χ4v) is 2.80. The SMILES string of the molecule is CCC(N)CNc1ccnc(-c2cc(-c3ccccc3C(N)=O)ccc2O)n1. The molecule has 7 nitrogen and oxygen atoms in total. The molecule has 1 amide bonds. The molecule has 0 bridgehead atoms. The Balaban J connectivity index is 1.98. The van der Waals surface area contributed by atoms with Crippen molar-refractivity contribution in [3.05, 3.63) is 60.3 Å². The van der Waals surface area contributed by atoms with E-state index in [2.05, 4.69) is 15.3 Å². The quantitative estimate of drug-likeness (QED) is 0.501. The summed E-state index contributed by atoms with van der Waals surface area (Å²) >= 11 is 0. The van der Waals surface area contributed by atoms with Gasteiger partial charge in [-0.3, -0.25) is 4.79 Å². The molecule has 0 spiro atoms. The number of hydrogen-bond acceptors (Lipinski definition) is 6. The van der Waals surface area contributed by atoms with Crippen molar-refractivity contribution >= 4 is 11.7 Å². The van der Waals surface area contributed by atoms with Crippen LogP contribution in [-0.4, -0.2) is 33.6 Å². The summed E-state index contributed by atoms with van der Waals surface area (Å²) in [5, 5.41) is 13.5. The molecular weight excluding hydrogens is 354 g/mol. The number of rotatable bonds is 7. The number of nitrogens with one attached hydrogen (secondary N) is 1. The van der Waals surface area contributed by atoms with Crippen LogP contribution in [-0.2, 0) is 0 Å². The van der Waals surface area contributed by atoms with Gasteiger partial charge in [0.25, 0.3) is 0 Å². The first-order valence-electron chi connectivity index (χ1n) is 9.04. The van der Waals surface area contributed by atoms with Crippen molar-refractivity contribution in [2.24, 2.45) is 11.5 Å². The Bertz CT molecular complexity index is 990. The number of phenolic OH excluding ortho intramolecular Hbond substituents is 1. The van der Waals surface area contributed by atoms with Crippen LogP contribution < -0.4 is 16.8 Å². The molecule has 0 saturated heterocycles. The molecule has 1 unspecified atom stereocenters. The Morgan fingerprint density at radius 3 is 2.71 bits per heavy atom. The van der Waals surface area contributed by atoms with Gasteiger partial charge in [0.05, 0.1) is 5.56 Å². The van der Waals surface area contributed by atoms with Crippen LogP contribution in [0.1, 0.15) is 23.7 Å². The molecule has 6 N–H and O–H groups in total. The number of amides is 1. The van der Waals surface area contributed by atoms with E-state index in [4.69, 9.17) is 11.5 Å². The second-order valence-electron chi connectivity index (χ2n) is 6.46. The molecule has 28 heavy (non-hydrogen) atoms. The Labute approximate surface area is 163 Å². The highest BCUT2D eigenvalue weighted by Crippen LogP contribution is 2.33. The third-order valence-corrected chi connectivity index (χ3v) is 4.47. The Kier molecular flexibility index (Phi) is 5.86. The highest BCUT2D eigenvalue weighted by atomic mass is 16.3. The first-order chi connectivity index (χ1) is 13.5. The van der Waals surface area contributed by atoms with Crippen molar-refractivity contribution in [1.82, 2.24) is 9.97 Å². The van der Waals surface area contributed by atoms with E-state index in [0.717, 1.165) is 12.0 Å². The van der Waals surface area contributed by atoms with E-state index < -0.39 is 5.91 Å². The topological polar surface area (TPSA) is 127 Å². The predicted molar refractivity (Wildman–Crippen MR) is 110 cm³/mol. The first kappa shape index (κ1) is 19.3. The maximum atomic E-state index is 11.7. The molecule has 0 aliphatic carbocycles. The van der Waals surface area contributed by atoms with Crippen LogP contribution >= 0.6 is 0 Å². The number of aromatic hydroxyl groups is 1. The van der Waals surface area contributed by atoms with Crippen LogP contribution in [0.4, 0.5) is 5.82 Å². The van der Waals surface area contributed by atoms with Gasteiger partial charge in [-0.1, -0.05) is 31.2 Å². The van der Waals surface area contributed by atoms with Crippen molar-refractivity contribution in [3.63, 3.8) is 0 Å². The highest BCUT2D eigenvalue weighted by Gasteiger charge is 2.14. The van der Waals surface area contributed by atoms with Gasteiger partial charge in [-0.15, -0.1) is 0 Å². The lowest BCUT2D eigenvalue weighted by Crippen LogP contribution is -2.28. The maximum absolute atomic E-state index is 11.7. The third kappa shape index (κ3) is 4.27. The van der Waals surface area contributed by atoms with Gasteiger partial charge in [-0.2, -0.15) is 0 Å². The van der Waals surface area contributed by atoms with Gasteiger partial charge in [0.1, 0.15) is 11.6 Å². The molecule has 2 aromatic carbocycles. The van der Waals surface area contributed by atoms with Crippen LogP contribution in [0.15, 0.2) is 54.7 Å². The van der Waals surface area contributed by atoms with Gasteiger partial charge >= 0.3 is 0 Å². The number of carbonyl (C=O) groups excluding carboxylic acids is 1. The second-order valence-corrected chi connectivity index (χ2v) is 6.46. The lowest BCUT2D eigenvalue weighted by atomic mass is 9.97. The minimum absolute atomic E-state index is 0.0282. The second kappa shape index (κ2) is 8.49. The Morgan fingerprint density at radius 2 is 1.96 bits per heavy atom. The number of phenols is 1. The number of aromatic nitrogens is 2. The van der Waals surface area contributed by atoms with E-state index in [1.165, 1.54) is 0 Å². The molecule has 3 rings (SSSR count). The fourth-order valence-electron chi connectivity index (χ4n) is 2.80. The molecule has 144 valence electrons. The van der Waals surface area contributed by atoms with Crippen LogP contribution in [0.2, 0.25) is 0 Å². The molecular formula is C21H23N5O2. The van der Waals surface area contributed by atoms with Crippen molar-refractivity contribution < 1.29 is 9.90 Å². The summed E-state index contributed by atoms with van der Waals surface area (Å²) < 4.78 is 0. The molecule has 0 saturated carbocycles. The monoisotopic (exact) mass is 377 g/mol. The molecule has 1 heterocycles. The largest absolute Gasteiger partial charge is 0.507 e. The molecule has 7 heteroatoms. The molecule has 1 atom stereocenters. The lowest BCUT2D eigenvalue weighted by molar-refractivity contribution is 0.100. The molecule has 0 aliphatic heterocycles. The van der Waals surface area contributed by atoms with E-state index >= 15 is 0 Å². The highest BCUT2D eigenvalue weighted by molar-refractivity contribution is 6.00. The average molecular weight is 377 g/mol. The van der Waals surface area contributed by atoms with Crippen molar-refractivity contribution in [2.45, 2.75) is 19.4 Å². The Morgan fingerprint density at radius 1 is 1.18 bits per heavy atom. The molecule has 3 aromatic rings. The summed E-state index contributed by atoms with van der Waals surface area (Å²) in [6.45, 7) is 2.61. The van der Waals surface area contributed by atoms with E-state index in [0.29, 0.717) is 34.9 Å². The summed E-state index contributed by atoms with van der Waals surface area (Å²) in [5.41, 5.74) is 13.7. The lowest BCUT2D eigenvalue weighted by Gasteiger charge is -2.12. The minimum Gasteiger partial charge on any atom is -0.507 e. The van der Waals surface area contributed by atoms with Crippen LogP contribution in [0.25, 0.3) is 22.5 Å². The number of nitrogens with two attached hydrogens (primary N) is 2. The van der Waals surface area contributed by atoms with Crippen molar-refractivity contribution in [3.8, 4) is 28.3 Å². The first-order valence-corrected chi connectivity index (χ1v) is 9.04. The number of primary amides is 1. The molecule has 0 radical (unpaired) electrons. The van der Waals surface area contributed by atoms with E-state index in [9.17, 15) is 9.90 Å². The zero-order chi connectivity index (χ0) is 20.1. The summed E-state index contributed by atoms with van der Waals surface area (Å²) in [7, 11) is 0. The van der Waals surface area contributed by atoms with Crippen LogP contribution in [0, 0.1) is 0 Å². The summed E-state index contributed by atoms with van der Waals surface area (Å²) in [4.78, 5) is 20.5. The van der Waals surface area contributed by atoms with Crippen LogP contribution in [0.5, 0.6) is 5.75 Å². The zero-order valence-electron chi connectivity index (χ0n) is 15.6. The zero-order valence-corrected chi connectivity index (χ0v) is 15.6. The average Bonchev–Trinajstić information content (AvgIpc) is 2.72. The van der Waals surface area contributed by atoms with Crippen molar-refractivity contribution in [2.75, 3.05) is 11.9 Å². The van der Waals surface area contributed by atoms with Crippen LogP contribution in [0.3, 0.4) is 0 Å². The Hall–Kier alpha value is -3.45. The summed E-state index contributed by atoms with van der Waals surface area (Å²) in [5.74, 6) is 0.518. The summed E-state index contributed by atoms with van der Waals surface area (Å²) in [6.07, 6.45) is 2.47. The van der Waals surface area contributed by atoms with E-state index in [1.807, 2.05) is 13.0 Å². The number of benzene rings is 2. The molecule has 0 aliphatic rings. The predicted octanol–water partition coefficient (Wildman–Crippen LogP) is 2.76. The third-order valence-electron chi connectivity index (χ3n) is 4.47. The number of hydrogen-bond donors (Lipinski definition) is 4. The standard InChI is InChI=1S/C21H23N5O2/c1-2-14(22)12-25-19-9-10-24-21(26-19)17-11-13(7-8-18(17)27)15-5-3-4-6-16(15)20(23)28/h3-11,14,27H,2,12,22H2,1H3,(H2,23,28)(H,24,25,26). The van der Waals surface area contributed by atoms with Gasteiger partial charge in [0.2, 0.25) is 5.91 Å². The number of nitrogens with zero attached hydrogens (tertiary/aromatic N) is 2. The van der Waals surface area contributed by atoms with Gasteiger partial charge < -0.3 is 21.9 Å². The molecule has 0 fully saturated rings. The minimum atomic E-state index is -0.514. The maximum Gasteiger partial charge on any atom is 0.249 e. The van der Waals surface area contributed by atoms with E-state index in [-0.39, 0.29) is 11.8 Å².